The average Bonchev–Trinajstić information content (AvgIpc) is 3.52. The third-order valence-electron chi connectivity index (χ3n) is 11.2. The molecule has 0 N–H and O–H groups in total. The van der Waals surface area contributed by atoms with Gasteiger partial charge in [-0.1, -0.05) is 70.1 Å². The molecule has 4 rings (SSSR count). The van der Waals surface area contributed by atoms with E-state index in [9.17, 15) is 0 Å². The van der Waals surface area contributed by atoms with E-state index >= 15 is 0 Å². The van der Waals surface area contributed by atoms with E-state index in [2.05, 4.69) is 79.0 Å². The summed E-state index contributed by atoms with van der Waals surface area (Å²) in [5.41, 5.74) is 5.91. The summed E-state index contributed by atoms with van der Waals surface area (Å²) in [6.07, 6.45) is 14.7. The minimum atomic E-state index is 0.324. The van der Waals surface area contributed by atoms with Crippen molar-refractivity contribution in [3.8, 4) is 0 Å². The molecule has 3 fully saturated rings. The van der Waals surface area contributed by atoms with Crippen molar-refractivity contribution >= 4 is 0 Å². The van der Waals surface area contributed by atoms with Gasteiger partial charge in [-0.2, -0.15) is 0 Å². The van der Waals surface area contributed by atoms with Crippen molar-refractivity contribution in [1.82, 2.24) is 4.90 Å². The van der Waals surface area contributed by atoms with Crippen LogP contribution in [0, 0.1) is 40.4 Å². The van der Waals surface area contributed by atoms with Crippen LogP contribution < -0.4 is 0 Å². The van der Waals surface area contributed by atoms with Crippen molar-refractivity contribution in [3.05, 3.63) is 35.5 Å². The maximum absolute atomic E-state index is 4.51. The minimum Gasteiger partial charge on any atom is -0.294 e. The maximum Gasteiger partial charge on any atom is 0.0284 e. The smallest absolute Gasteiger partial charge is 0.0284 e. The van der Waals surface area contributed by atoms with Gasteiger partial charge in [0.1, 0.15) is 0 Å². The second-order valence-electron chi connectivity index (χ2n) is 13.1. The highest BCUT2D eigenvalue weighted by atomic mass is 15.3. The predicted octanol–water partition coefficient (Wildman–Crippen LogP) is 8.43. The number of fused-ring (bicyclic) bond motifs is 3. The lowest BCUT2D eigenvalue weighted by molar-refractivity contribution is -0.0299. The molecule has 0 radical (unpaired) electrons. The van der Waals surface area contributed by atoms with Crippen molar-refractivity contribution in [2.75, 3.05) is 13.1 Å². The molecule has 1 aliphatic heterocycles. The molecule has 4 aliphatic rings. The molecule has 0 aromatic carbocycles. The van der Waals surface area contributed by atoms with E-state index < -0.39 is 0 Å². The van der Waals surface area contributed by atoms with Crippen molar-refractivity contribution < 1.29 is 0 Å². The Hall–Kier alpha value is -0.820. The van der Waals surface area contributed by atoms with Crippen molar-refractivity contribution in [1.29, 1.82) is 0 Å². The summed E-state index contributed by atoms with van der Waals surface area (Å²) in [4.78, 5) is 2.84. The van der Waals surface area contributed by atoms with Crippen LogP contribution in [0.1, 0.15) is 100 Å². The Kier molecular flexibility index (Phi) is 6.41. The first kappa shape index (κ1) is 24.3. The predicted molar refractivity (Wildman–Crippen MR) is 140 cm³/mol. The Morgan fingerprint density at radius 1 is 1.22 bits per heavy atom. The molecular weight excluding hydrogens is 386 g/mol. The van der Waals surface area contributed by atoms with Crippen LogP contribution in [-0.4, -0.2) is 23.5 Å². The number of allylic oxidation sites excluding steroid dienone is 4. The van der Waals surface area contributed by atoms with Gasteiger partial charge in [0, 0.05) is 18.6 Å². The second kappa shape index (κ2) is 8.44. The highest BCUT2D eigenvalue weighted by Crippen LogP contribution is 2.66. The Morgan fingerprint density at radius 3 is 2.44 bits per heavy atom. The third-order valence-corrected chi connectivity index (χ3v) is 11.2. The van der Waals surface area contributed by atoms with Crippen LogP contribution in [0.15, 0.2) is 35.5 Å². The normalized spacial score (nSPS) is 40.8. The van der Waals surface area contributed by atoms with Crippen molar-refractivity contribution in [3.63, 3.8) is 0 Å². The molecular formula is C31H51N. The molecule has 1 heterocycles. The van der Waals surface area contributed by atoms with Gasteiger partial charge in [-0.05, 0) is 106 Å². The van der Waals surface area contributed by atoms with E-state index in [1.54, 1.807) is 0 Å². The van der Waals surface area contributed by atoms with Crippen LogP contribution in [0.3, 0.4) is 0 Å². The van der Waals surface area contributed by atoms with E-state index in [0.29, 0.717) is 22.3 Å². The monoisotopic (exact) mass is 437 g/mol. The highest BCUT2D eigenvalue weighted by Gasteiger charge is 2.62. The third kappa shape index (κ3) is 3.60. The molecule has 0 aromatic rings. The van der Waals surface area contributed by atoms with E-state index in [-0.39, 0.29) is 0 Å². The van der Waals surface area contributed by atoms with Crippen LogP contribution in [0.4, 0.5) is 0 Å². The Bertz CT molecular complexity index is 793. The van der Waals surface area contributed by atoms with Crippen molar-refractivity contribution in [2.24, 2.45) is 40.4 Å². The molecule has 0 unspecified atom stereocenters. The first-order valence-electron chi connectivity index (χ1n) is 13.8. The zero-order chi connectivity index (χ0) is 23.5. The molecule has 7 atom stereocenters. The van der Waals surface area contributed by atoms with E-state index in [1.165, 1.54) is 69.2 Å². The van der Waals surface area contributed by atoms with Crippen LogP contribution in [0.2, 0.25) is 0 Å². The largest absolute Gasteiger partial charge is 0.294 e. The maximum atomic E-state index is 4.51. The minimum absolute atomic E-state index is 0.324. The summed E-state index contributed by atoms with van der Waals surface area (Å²) in [6.45, 7) is 26.7. The summed E-state index contributed by atoms with van der Waals surface area (Å²) in [6, 6.07) is 0. The molecule has 1 heteroatoms. The lowest BCUT2D eigenvalue weighted by Gasteiger charge is -2.60. The van der Waals surface area contributed by atoms with Gasteiger partial charge >= 0.3 is 0 Å². The van der Waals surface area contributed by atoms with Gasteiger partial charge in [0.25, 0.3) is 0 Å². The number of nitrogens with zero attached hydrogens (tertiary/aromatic N) is 1. The second-order valence-corrected chi connectivity index (χ2v) is 13.1. The fourth-order valence-corrected chi connectivity index (χ4v) is 8.77. The fourth-order valence-electron chi connectivity index (χ4n) is 8.77. The van der Waals surface area contributed by atoms with Gasteiger partial charge < -0.3 is 0 Å². The van der Waals surface area contributed by atoms with E-state index in [1.807, 2.05) is 5.57 Å². The van der Waals surface area contributed by atoms with Gasteiger partial charge in [0.2, 0.25) is 0 Å². The molecule has 0 spiro atoms. The molecule has 0 amide bonds. The lowest BCUT2D eigenvalue weighted by atomic mass is 9.46. The highest BCUT2D eigenvalue weighted by molar-refractivity contribution is 5.33. The number of hydrogen-bond acceptors (Lipinski definition) is 1. The summed E-state index contributed by atoms with van der Waals surface area (Å²) < 4.78 is 0. The molecule has 0 bridgehead atoms. The van der Waals surface area contributed by atoms with E-state index in [0.717, 1.165) is 23.7 Å². The van der Waals surface area contributed by atoms with Gasteiger partial charge in [-0.25, -0.2) is 0 Å². The summed E-state index contributed by atoms with van der Waals surface area (Å²) in [5.74, 6) is 3.76. The lowest BCUT2D eigenvalue weighted by Crippen LogP contribution is -2.55. The summed E-state index contributed by atoms with van der Waals surface area (Å²) in [7, 11) is 0. The van der Waals surface area contributed by atoms with Crippen LogP contribution in [0.5, 0.6) is 0 Å². The average molecular weight is 438 g/mol. The molecule has 0 aromatic heterocycles. The Labute approximate surface area is 199 Å². The molecule has 1 nitrogen and oxygen atoms in total. The molecule has 3 aliphatic carbocycles. The topological polar surface area (TPSA) is 3.01 Å². The van der Waals surface area contributed by atoms with Gasteiger partial charge in [0.15, 0.2) is 0 Å². The molecule has 2 saturated carbocycles. The molecule has 32 heavy (non-hydrogen) atoms. The van der Waals surface area contributed by atoms with E-state index in [4.69, 9.17) is 0 Å². The summed E-state index contributed by atoms with van der Waals surface area (Å²) >= 11 is 0. The standard InChI is InChI=1S/C31H51N/c1-10-29(8)26-15-18-31(32-19-20-32)17-14-24(22(4)5)28(31)25(26)11-12-27(29)30(9,23(6)7)16-13-21(2)3/h13,15,23-25,27-28H,4,10-12,14,16-20H2,1-3,5-9H3/t24-,25-,27-,28+,29-,30-,31-/m0/s1. The summed E-state index contributed by atoms with van der Waals surface area (Å²) in [5, 5.41) is 0. The fraction of sp³-hybridized carbons (Fsp3) is 0.806. The Morgan fingerprint density at radius 2 is 1.91 bits per heavy atom. The van der Waals surface area contributed by atoms with Crippen LogP contribution in [-0.2, 0) is 0 Å². The first-order chi connectivity index (χ1) is 15.0. The SMILES string of the molecule is C=C(C)[C@@H]1CC[C@]2(N3CC3)CC=C3[C@H](CC[C@H]([C@@](C)(CC=C(C)C)C(C)C)[C@@]3(C)CC)[C@@H]12. The zero-order valence-corrected chi connectivity index (χ0v) is 22.6. The number of hydrogen-bond donors (Lipinski definition) is 0. The molecule has 180 valence electrons. The van der Waals surface area contributed by atoms with Crippen molar-refractivity contribution in [2.45, 2.75) is 106 Å². The first-order valence-corrected chi connectivity index (χ1v) is 13.8. The van der Waals surface area contributed by atoms with Crippen LogP contribution >= 0.6 is 0 Å². The molecule has 1 saturated heterocycles. The van der Waals surface area contributed by atoms with Gasteiger partial charge in [-0.3, -0.25) is 4.90 Å². The van der Waals surface area contributed by atoms with Crippen LogP contribution in [0.25, 0.3) is 0 Å². The number of rotatable bonds is 7. The quantitative estimate of drug-likeness (QED) is 0.285. The Balaban J connectivity index is 1.75. The van der Waals surface area contributed by atoms with Gasteiger partial charge in [0.05, 0.1) is 0 Å². The zero-order valence-electron chi connectivity index (χ0n) is 22.6. The van der Waals surface area contributed by atoms with Gasteiger partial charge in [-0.15, -0.1) is 0 Å².